The van der Waals surface area contributed by atoms with E-state index in [1.165, 1.54) is 18.5 Å². The largest absolute Gasteiger partial charge is 0.391 e. The van der Waals surface area contributed by atoms with Crippen LogP contribution in [0.15, 0.2) is 36.9 Å². The maximum atomic E-state index is 13.7. The normalized spacial score (nSPS) is 23.9. The summed E-state index contributed by atoms with van der Waals surface area (Å²) in [5.74, 6) is 0.0734. The second-order valence-corrected chi connectivity index (χ2v) is 7.98. The number of aliphatic hydroxyl groups excluding tert-OH is 1. The first-order valence-corrected chi connectivity index (χ1v) is 10.3. The average Bonchev–Trinajstić information content (AvgIpc) is 3.47. The first-order valence-electron chi connectivity index (χ1n) is 10.3. The standard InChI is InChI=1S/C21H23FN6O2/c22-14-9-13(10-23-11-14)17-4-2-7-27(17)19-6-8-28-20(26-19)15(12-24-28)21(30)25-16-3-1-5-18(16)29/h6,8-12,16-18,29H,1-5,7H2,(H,25,30)/t16-,17?,18?/m0/s1. The van der Waals surface area contributed by atoms with Crippen LogP contribution < -0.4 is 10.2 Å². The molecule has 1 saturated heterocycles. The van der Waals surface area contributed by atoms with E-state index in [9.17, 15) is 14.3 Å². The van der Waals surface area contributed by atoms with Crippen molar-refractivity contribution in [1.82, 2.24) is 24.9 Å². The van der Waals surface area contributed by atoms with Crippen LogP contribution in [-0.4, -0.2) is 49.3 Å². The zero-order valence-electron chi connectivity index (χ0n) is 16.4. The van der Waals surface area contributed by atoms with Crippen LogP contribution in [0.25, 0.3) is 5.65 Å². The summed E-state index contributed by atoms with van der Waals surface area (Å²) in [6, 6.07) is 3.11. The fourth-order valence-electron chi connectivity index (χ4n) is 4.53. The molecule has 30 heavy (non-hydrogen) atoms. The molecule has 2 N–H and O–H groups in total. The molecule has 0 radical (unpaired) electrons. The molecule has 9 heteroatoms. The molecule has 2 aliphatic rings. The molecule has 2 fully saturated rings. The van der Waals surface area contributed by atoms with Gasteiger partial charge in [0.2, 0.25) is 0 Å². The van der Waals surface area contributed by atoms with E-state index in [1.54, 1.807) is 16.9 Å². The molecule has 5 rings (SSSR count). The van der Waals surface area contributed by atoms with E-state index < -0.39 is 6.10 Å². The summed E-state index contributed by atoms with van der Waals surface area (Å²) in [4.78, 5) is 23.6. The Bertz CT molecular complexity index is 1090. The number of aliphatic hydroxyl groups is 1. The number of rotatable bonds is 4. The summed E-state index contributed by atoms with van der Waals surface area (Å²) in [6.07, 6.45) is 9.86. The van der Waals surface area contributed by atoms with Crippen LogP contribution in [0.1, 0.15) is 54.1 Å². The molecule has 3 atom stereocenters. The van der Waals surface area contributed by atoms with Gasteiger partial charge in [-0.3, -0.25) is 9.78 Å². The third-order valence-corrected chi connectivity index (χ3v) is 6.05. The molecule has 1 aliphatic carbocycles. The lowest BCUT2D eigenvalue weighted by molar-refractivity contribution is 0.0874. The van der Waals surface area contributed by atoms with Gasteiger partial charge in [-0.25, -0.2) is 13.9 Å². The Morgan fingerprint density at radius 1 is 1.20 bits per heavy atom. The van der Waals surface area contributed by atoms with Gasteiger partial charge in [0.15, 0.2) is 5.65 Å². The number of pyridine rings is 1. The highest BCUT2D eigenvalue weighted by molar-refractivity contribution is 6.00. The first-order chi connectivity index (χ1) is 14.6. The lowest BCUT2D eigenvalue weighted by Gasteiger charge is -2.26. The predicted molar refractivity (Wildman–Crippen MR) is 108 cm³/mol. The van der Waals surface area contributed by atoms with Crippen LogP contribution in [-0.2, 0) is 0 Å². The van der Waals surface area contributed by atoms with Crippen molar-refractivity contribution in [3.05, 3.63) is 53.9 Å². The molecule has 3 aromatic heterocycles. The van der Waals surface area contributed by atoms with E-state index in [0.717, 1.165) is 37.8 Å². The Labute approximate surface area is 172 Å². The van der Waals surface area contributed by atoms with Crippen LogP contribution in [0.2, 0.25) is 0 Å². The van der Waals surface area contributed by atoms with Crippen LogP contribution in [0, 0.1) is 5.82 Å². The van der Waals surface area contributed by atoms with Crippen molar-refractivity contribution in [2.45, 2.75) is 50.3 Å². The minimum atomic E-state index is -0.510. The fourth-order valence-corrected chi connectivity index (χ4v) is 4.53. The SMILES string of the molecule is O=C(N[C@H]1CCCC1O)c1cnn2ccc(N3CCCC3c3cncc(F)c3)nc12. The quantitative estimate of drug-likeness (QED) is 0.685. The maximum Gasteiger partial charge on any atom is 0.257 e. The Balaban J connectivity index is 1.44. The van der Waals surface area contributed by atoms with Crippen molar-refractivity contribution in [1.29, 1.82) is 0 Å². The lowest BCUT2D eigenvalue weighted by atomic mass is 10.1. The number of carbonyl (C=O) groups excluding carboxylic acids is 1. The van der Waals surface area contributed by atoms with Gasteiger partial charge in [-0.05, 0) is 49.8 Å². The van der Waals surface area contributed by atoms with Crippen molar-refractivity contribution < 1.29 is 14.3 Å². The summed E-state index contributed by atoms with van der Waals surface area (Å²) >= 11 is 0. The van der Waals surface area contributed by atoms with Crippen LogP contribution in [0.4, 0.5) is 10.2 Å². The predicted octanol–water partition coefficient (Wildman–Crippen LogP) is 2.25. The summed E-state index contributed by atoms with van der Waals surface area (Å²) in [5.41, 5.74) is 1.65. The molecular weight excluding hydrogens is 387 g/mol. The summed E-state index contributed by atoms with van der Waals surface area (Å²) in [7, 11) is 0. The molecular formula is C21H23FN6O2. The van der Waals surface area contributed by atoms with Gasteiger partial charge in [0.1, 0.15) is 17.2 Å². The lowest BCUT2D eigenvalue weighted by Crippen LogP contribution is -2.39. The Kier molecular flexibility index (Phi) is 4.82. The number of nitrogens with one attached hydrogen (secondary N) is 1. The van der Waals surface area contributed by atoms with Crippen molar-refractivity contribution >= 4 is 17.4 Å². The van der Waals surface area contributed by atoms with Gasteiger partial charge in [-0.15, -0.1) is 0 Å². The fraction of sp³-hybridized carbons (Fsp3) is 0.429. The number of nitrogens with zero attached hydrogens (tertiary/aromatic N) is 5. The molecule has 1 amide bonds. The number of anilines is 1. The minimum absolute atomic E-state index is 0.0167. The molecule has 4 heterocycles. The highest BCUT2D eigenvalue weighted by Crippen LogP contribution is 2.35. The Morgan fingerprint density at radius 2 is 2.10 bits per heavy atom. The van der Waals surface area contributed by atoms with Crippen molar-refractivity contribution in [2.75, 3.05) is 11.4 Å². The third kappa shape index (κ3) is 3.39. The van der Waals surface area contributed by atoms with E-state index in [-0.39, 0.29) is 23.8 Å². The van der Waals surface area contributed by atoms with E-state index in [0.29, 0.717) is 23.4 Å². The zero-order valence-corrected chi connectivity index (χ0v) is 16.4. The Hall–Kier alpha value is -3.07. The van der Waals surface area contributed by atoms with Crippen molar-refractivity contribution in [3.63, 3.8) is 0 Å². The van der Waals surface area contributed by atoms with Crippen LogP contribution >= 0.6 is 0 Å². The second-order valence-electron chi connectivity index (χ2n) is 7.98. The van der Waals surface area contributed by atoms with E-state index in [4.69, 9.17) is 4.98 Å². The molecule has 2 unspecified atom stereocenters. The number of fused-ring (bicyclic) bond motifs is 1. The number of carbonyl (C=O) groups is 1. The topological polar surface area (TPSA) is 95.6 Å². The minimum Gasteiger partial charge on any atom is -0.391 e. The van der Waals surface area contributed by atoms with Gasteiger partial charge in [-0.1, -0.05) is 0 Å². The molecule has 3 aromatic rings. The maximum absolute atomic E-state index is 13.7. The van der Waals surface area contributed by atoms with Gasteiger partial charge < -0.3 is 15.3 Å². The monoisotopic (exact) mass is 410 g/mol. The van der Waals surface area contributed by atoms with Crippen LogP contribution in [0.3, 0.4) is 0 Å². The third-order valence-electron chi connectivity index (χ3n) is 6.05. The average molecular weight is 410 g/mol. The van der Waals surface area contributed by atoms with Gasteiger partial charge in [-0.2, -0.15) is 5.10 Å². The van der Waals surface area contributed by atoms with E-state index in [1.807, 2.05) is 6.07 Å². The molecule has 156 valence electrons. The second kappa shape index (κ2) is 7.64. The number of aromatic nitrogens is 4. The molecule has 8 nitrogen and oxygen atoms in total. The van der Waals surface area contributed by atoms with Crippen molar-refractivity contribution in [3.8, 4) is 0 Å². The summed E-state index contributed by atoms with van der Waals surface area (Å²) in [5, 5.41) is 17.2. The van der Waals surface area contributed by atoms with Gasteiger partial charge in [0.05, 0.1) is 30.6 Å². The number of hydrogen-bond acceptors (Lipinski definition) is 6. The van der Waals surface area contributed by atoms with Crippen molar-refractivity contribution in [2.24, 2.45) is 0 Å². The van der Waals surface area contributed by atoms with Crippen LogP contribution in [0.5, 0.6) is 0 Å². The molecule has 0 spiro atoms. The van der Waals surface area contributed by atoms with Gasteiger partial charge in [0, 0.05) is 18.9 Å². The molecule has 1 aliphatic heterocycles. The molecule has 0 aromatic carbocycles. The highest BCUT2D eigenvalue weighted by atomic mass is 19.1. The summed E-state index contributed by atoms with van der Waals surface area (Å²) < 4.78 is 15.3. The van der Waals surface area contributed by atoms with Gasteiger partial charge >= 0.3 is 0 Å². The highest BCUT2D eigenvalue weighted by Gasteiger charge is 2.30. The number of amides is 1. The molecule has 1 saturated carbocycles. The first kappa shape index (κ1) is 18.9. The van der Waals surface area contributed by atoms with E-state index in [2.05, 4.69) is 20.3 Å². The molecule has 0 bridgehead atoms. The Morgan fingerprint density at radius 3 is 2.90 bits per heavy atom. The number of halogens is 1. The number of hydrogen-bond donors (Lipinski definition) is 2. The summed E-state index contributed by atoms with van der Waals surface area (Å²) in [6.45, 7) is 0.786. The van der Waals surface area contributed by atoms with Gasteiger partial charge in [0.25, 0.3) is 5.91 Å². The smallest absolute Gasteiger partial charge is 0.257 e. The zero-order chi connectivity index (χ0) is 20.7. The van der Waals surface area contributed by atoms with E-state index >= 15 is 0 Å².